The predicted octanol–water partition coefficient (Wildman–Crippen LogP) is 1.50. The van der Waals surface area contributed by atoms with Crippen molar-refractivity contribution in [2.45, 2.75) is 37.0 Å². The average molecular weight is 388 g/mol. The zero-order valence-corrected chi connectivity index (χ0v) is 13.7. The number of ether oxygens (including phenoxy) is 3. The molecule has 142 valence electrons. The first kappa shape index (κ1) is 18.2. The van der Waals surface area contributed by atoms with Crippen molar-refractivity contribution >= 4 is 22.2 Å². The maximum Gasteiger partial charge on any atom is 0.511 e. The molecule has 1 aliphatic heterocycles. The van der Waals surface area contributed by atoms with Gasteiger partial charge in [0, 0.05) is 6.42 Å². The zero-order valence-electron chi connectivity index (χ0n) is 12.9. The quantitative estimate of drug-likeness (QED) is 0.556. The van der Waals surface area contributed by atoms with Crippen LogP contribution < -0.4 is 0 Å². The van der Waals surface area contributed by atoms with Crippen LogP contribution in [0.15, 0.2) is 0 Å². The molecular weight excluding hydrogens is 373 g/mol. The summed E-state index contributed by atoms with van der Waals surface area (Å²) in [6, 6.07) is 0. The van der Waals surface area contributed by atoms with Gasteiger partial charge < -0.3 is 14.2 Å². The van der Waals surface area contributed by atoms with E-state index in [1.807, 2.05) is 6.92 Å². The molecule has 0 radical (unpaired) electrons. The van der Waals surface area contributed by atoms with Gasteiger partial charge in [-0.25, -0.2) is 9.18 Å². The normalized spacial score (nSPS) is 37.7. The number of halogens is 3. The fourth-order valence-corrected chi connectivity index (χ4v) is 4.52. The van der Waals surface area contributed by atoms with Gasteiger partial charge >= 0.3 is 27.5 Å². The summed E-state index contributed by atoms with van der Waals surface area (Å²) in [5.74, 6) is -2.75. The second kappa shape index (κ2) is 5.47. The van der Waals surface area contributed by atoms with Crippen LogP contribution in [-0.2, 0) is 29.1 Å². The summed E-state index contributed by atoms with van der Waals surface area (Å²) in [6.45, 7) is 0.209. The van der Waals surface area contributed by atoms with Gasteiger partial charge in [-0.3, -0.25) is 9.35 Å². The van der Waals surface area contributed by atoms with E-state index >= 15 is 0 Å². The number of fused-ring (bicyclic) bond motifs is 1. The Bertz CT molecular complexity index is 710. The molecule has 3 aliphatic rings. The van der Waals surface area contributed by atoms with E-state index in [1.54, 1.807) is 0 Å². The maximum absolute atomic E-state index is 13.3. The summed E-state index contributed by atoms with van der Waals surface area (Å²) in [6.07, 6.45) is -4.22. The number of esters is 1. The first-order chi connectivity index (χ1) is 11.4. The molecule has 1 heterocycles. The molecule has 0 aromatic carbocycles. The first-order valence-corrected chi connectivity index (χ1v) is 8.90. The molecule has 6 atom stereocenters. The zero-order chi connectivity index (χ0) is 18.8. The second-order valence-electron chi connectivity index (χ2n) is 6.59. The van der Waals surface area contributed by atoms with E-state index in [2.05, 4.69) is 4.74 Å². The molecule has 1 saturated heterocycles. The molecule has 2 aliphatic carbocycles. The first-order valence-electron chi connectivity index (χ1n) is 7.46. The molecule has 1 N–H and O–H groups in total. The van der Waals surface area contributed by atoms with E-state index in [-0.39, 0.29) is 18.3 Å². The van der Waals surface area contributed by atoms with Crippen LogP contribution in [-0.4, -0.2) is 48.9 Å². The van der Waals surface area contributed by atoms with E-state index in [1.165, 1.54) is 0 Å². The fraction of sp³-hybridized carbons (Fsp3) is 0.846. The highest BCUT2D eigenvalue weighted by atomic mass is 32.2. The van der Waals surface area contributed by atoms with Crippen molar-refractivity contribution < 1.29 is 49.9 Å². The third kappa shape index (κ3) is 2.65. The van der Waals surface area contributed by atoms with Crippen molar-refractivity contribution in [3.8, 4) is 0 Å². The third-order valence-electron chi connectivity index (χ3n) is 5.24. The van der Waals surface area contributed by atoms with Crippen molar-refractivity contribution in [3.05, 3.63) is 0 Å². The van der Waals surface area contributed by atoms with Gasteiger partial charge in [0.2, 0.25) is 6.17 Å². The Labute approximate surface area is 140 Å². The number of hydrogen-bond acceptors (Lipinski definition) is 7. The number of carbonyl (C=O) groups excluding carboxylic acids is 2. The Morgan fingerprint density at radius 3 is 2.72 bits per heavy atom. The van der Waals surface area contributed by atoms with E-state index in [0.29, 0.717) is 6.42 Å². The predicted molar refractivity (Wildman–Crippen MR) is 71.5 cm³/mol. The molecule has 0 spiro atoms. The van der Waals surface area contributed by atoms with Gasteiger partial charge in [0.1, 0.15) is 6.61 Å². The summed E-state index contributed by atoms with van der Waals surface area (Å²) >= 11 is 0. The topological polar surface area (TPSA) is 116 Å². The number of carbonyl (C=O) groups is 2. The maximum atomic E-state index is 13.3. The molecule has 6 unspecified atom stereocenters. The van der Waals surface area contributed by atoms with Crippen molar-refractivity contribution in [2.75, 3.05) is 6.61 Å². The number of rotatable bonds is 5. The molecule has 8 nitrogen and oxygen atoms in total. The van der Waals surface area contributed by atoms with Crippen LogP contribution in [0.4, 0.5) is 18.0 Å². The fourth-order valence-electron chi connectivity index (χ4n) is 4.12. The lowest BCUT2D eigenvalue weighted by Gasteiger charge is -2.29. The molecule has 2 bridgehead atoms. The van der Waals surface area contributed by atoms with Crippen LogP contribution in [0.3, 0.4) is 0 Å². The van der Waals surface area contributed by atoms with E-state index in [0.717, 1.165) is 0 Å². The SMILES string of the molecule is CC1C2CC3C(=O)OC(OC(=O)OCC(F)C(F)(F)S(=O)(=O)O)(C2)C31. The largest absolute Gasteiger partial charge is 0.511 e. The highest BCUT2D eigenvalue weighted by Crippen LogP contribution is 2.63. The molecule has 0 aromatic heterocycles. The van der Waals surface area contributed by atoms with Crippen LogP contribution >= 0.6 is 0 Å². The minimum absolute atomic E-state index is 0.0436. The summed E-state index contributed by atoms with van der Waals surface area (Å²) in [5, 5.41) is -5.14. The standard InChI is InChI=1S/C13H15F3O8S/c1-5-6-2-7-9(5)12(3-6,23-10(7)17)24-11(18)22-4-8(14)13(15,16)25(19,20)21/h5-9H,2-4H2,1H3,(H,19,20,21). The second-order valence-corrected chi connectivity index (χ2v) is 8.09. The summed E-state index contributed by atoms with van der Waals surface area (Å²) in [7, 11) is -6.01. The molecule has 2 saturated carbocycles. The lowest BCUT2D eigenvalue weighted by molar-refractivity contribution is -0.206. The van der Waals surface area contributed by atoms with Crippen molar-refractivity contribution in [3.63, 3.8) is 0 Å². The summed E-state index contributed by atoms with van der Waals surface area (Å²) in [4.78, 5) is 23.5. The lowest BCUT2D eigenvalue weighted by atomic mass is 9.86. The molecule has 12 heteroatoms. The van der Waals surface area contributed by atoms with Gasteiger partial charge in [0.05, 0.1) is 11.8 Å². The van der Waals surface area contributed by atoms with E-state index < -0.39 is 57.9 Å². The molecule has 3 rings (SSSR count). The molecule has 25 heavy (non-hydrogen) atoms. The summed E-state index contributed by atoms with van der Waals surface area (Å²) in [5.41, 5.74) is 0. The van der Waals surface area contributed by atoms with Gasteiger partial charge in [0.25, 0.3) is 5.79 Å². The van der Waals surface area contributed by atoms with Crippen molar-refractivity contribution in [2.24, 2.45) is 23.7 Å². The monoisotopic (exact) mass is 388 g/mol. The Balaban J connectivity index is 1.62. The summed E-state index contributed by atoms with van der Waals surface area (Å²) < 4.78 is 82.8. The molecule has 0 amide bonds. The van der Waals surface area contributed by atoms with Gasteiger partial charge in [-0.1, -0.05) is 6.92 Å². The molecule has 3 fully saturated rings. The van der Waals surface area contributed by atoms with Crippen molar-refractivity contribution in [1.82, 2.24) is 0 Å². The number of alkyl halides is 3. The average Bonchev–Trinajstić information content (AvgIpc) is 2.98. The Kier molecular flexibility index (Phi) is 3.99. The van der Waals surface area contributed by atoms with Gasteiger partial charge in [-0.05, 0) is 18.3 Å². The Hall–Kier alpha value is -1.56. The van der Waals surface area contributed by atoms with E-state index in [4.69, 9.17) is 14.0 Å². The van der Waals surface area contributed by atoms with Crippen LogP contribution in [0, 0.1) is 23.7 Å². The van der Waals surface area contributed by atoms with Crippen LogP contribution in [0.1, 0.15) is 19.8 Å². The number of hydrogen-bond donors (Lipinski definition) is 1. The van der Waals surface area contributed by atoms with Crippen LogP contribution in [0.5, 0.6) is 0 Å². The third-order valence-corrected chi connectivity index (χ3v) is 6.19. The highest BCUT2D eigenvalue weighted by Gasteiger charge is 2.71. The molecule has 0 aromatic rings. The minimum atomic E-state index is -6.01. The Morgan fingerprint density at radius 2 is 2.16 bits per heavy atom. The highest BCUT2D eigenvalue weighted by molar-refractivity contribution is 7.86. The Morgan fingerprint density at radius 1 is 1.52 bits per heavy atom. The van der Waals surface area contributed by atoms with Crippen LogP contribution in [0.2, 0.25) is 0 Å². The molecular formula is C13H15F3O8S. The van der Waals surface area contributed by atoms with E-state index in [9.17, 15) is 31.2 Å². The van der Waals surface area contributed by atoms with Crippen molar-refractivity contribution in [1.29, 1.82) is 0 Å². The smallest absolute Gasteiger partial charge is 0.431 e. The van der Waals surface area contributed by atoms with Crippen LogP contribution in [0.25, 0.3) is 0 Å². The van der Waals surface area contributed by atoms with Gasteiger partial charge in [-0.2, -0.15) is 17.2 Å². The minimum Gasteiger partial charge on any atom is -0.431 e. The lowest BCUT2D eigenvalue weighted by Crippen LogP contribution is -2.43. The van der Waals surface area contributed by atoms with Gasteiger partial charge in [-0.15, -0.1) is 0 Å². The van der Waals surface area contributed by atoms with Gasteiger partial charge in [0.15, 0.2) is 0 Å².